The highest BCUT2D eigenvalue weighted by Gasteiger charge is 2.11. The largest absolute Gasteiger partial charge is 0.469 e. The molecule has 5 heteroatoms. The molecule has 0 amide bonds. The summed E-state index contributed by atoms with van der Waals surface area (Å²) < 4.78 is 18.6. The summed E-state index contributed by atoms with van der Waals surface area (Å²) in [5.74, 6) is -0.700. The summed E-state index contributed by atoms with van der Waals surface area (Å²) in [7, 11) is 1.27. The molecule has 1 aromatic carbocycles. The Morgan fingerprint density at radius 1 is 1.53 bits per heavy atom. The first kappa shape index (κ1) is 12.5. The van der Waals surface area contributed by atoms with Crippen molar-refractivity contribution in [3.63, 3.8) is 0 Å². The van der Waals surface area contributed by atoms with Crippen LogP contribution in [0.2, 0.25) is 0 Å². The minimum Gasteiger partial charge on any atom is -0.469 e. The molecule has 0 aliphatic rings. The monoisotopic (exact) mass is 294 g/mol. The van der Waals surface area contributed by atoms with E-state index in [2.05, 4.69) is 20.7 Å². The van der Waals surface area contributed by atoms with Gasteiger partial charge in [0.25, 0.3) is 0 Å². The molecule has 0 radical (unpaired) electrons. The molecule has 0 N–H and O–H groups in total. The Balaban J connectivity index is 3.00. The van der Waals surface area contributed by atoms with Gasteiger partial charge < -0.3 is 4.74 Å². The van der Waals surface area contributed by atoms with E-state index < -0.39 is 11.8 Å². The molecule has 1 aromatic rings. The average molecular weight is 296 g/mol. The third-order valence-corrected chi connectivity index (χ3v) is 2.95. The smallest absolute Gasteiger partial charge is 0.310 e. The molecule has 0 aliphatic heterocycles. The van der Waals surface area contributed by atoms with Gasteiger partial charge >= 0.3 is 5.97 Å². The predicted molar refractivity (Wildman–Crippen MR) is 59.4 cm³/mol. The van der Waals surface area contributed by atoms with Gasteiger partial charge in [0.1, 0.15) is 5.82 Å². The van der Waals surface area contributed by atoms with Crippen LogP contribution in [-0.2, 0) is 21.8 Å². The van der Waals surface area contributed by atoms with Gasteiger partial charge in [-0.3, -0.25) is 4.79 Å². The molecule has 0 unspecified atom stereocenters. The molecule has 1 rings (SSSR count). The van der Waals surface area contributed by atoms with Crippen molar-refractivity contribution in [2.24, 2.45) is 0 Å². The van der Waals surface area contributed by atoms with Crippen LogP contribution in [0.4, 0.5) is 4.39 Å². The van der Waals surface area contributed by atoms with Gasteiger partial charge in [0.05, 0.1) is 13.5 Å². The molecule has 0 fully saturated rings. The maximum atomic E-state index is 13.4. The van der Waals surface area contributed by atoms with Crippen molar-refractivity contribution in [1.82, 2.24) is 0 Å². The Bertz CT molecular complexity index is 382. The SMILES string of the molecule is COC(=O)Cc1cc(Br)c(CCl)cc1F. The Labute approximate surface area is 101 Å². The van der Waals surface area contributed by atoms with Crippen molar-refractivity contribution in [3.05, 3.63) is 33.5 Å². The third-order valence-electron chi connectivity index (χ3n) is 1.92. The third kappa shape index (κ3) is 3.18. The van der Waals surface area contributed by atoms with Crippen LogP contribution in [0, 0.1) is 5.82 Å². The first-order chi connectivity index (χ1) is 7.08. The summed E-state index contributed by atoms with van der Waals surface area (Å²) >= 11 is 8.85. The molecule has 0 atom stereocenters. The molecule has 0 saturated heterocycles. The zero-order chi connectivity index (χ0) is 11.4. The number of halogens is 3. The van der Waals surface area contributed by atoms with E-state index in [1.165, 1.54) is 13.2 Å². The van der Waals surface area contributed by atoms with E-state index in [4.69, 9.17) is 11.6 Å². The molecule has 0 bridgehead atoms. The fourth-order valence-corrected chi connectivity index (χ4v) is 2.01. The van der Waals surface area contributed by atoms with Gasteiger partial charge in [0.2, 0.25) is 0 Å². The molecule has 2 nitrogen and oxygen atoms in total. The standard InChI is InChI=1S/C10H9BrClFO2/c1-15-10(14)4-6-2-8(11)7(5-12)3-9(6)13/h2-3H,4-5H2,1H3. The summed E-state index contributed by atoms with van der Waals surface area (Å²) in [5.41, 5.74) is 0.949. The number of alkyl halides is 1. The summed E-state index contributed by atoms with van der Waals surface area (Å²) in [6.45, 7) is 0. The highest BCUT2D eigenvalue weighted by atomic mass is 79.9. The molecular formula is C10H9BrClFO2. The fourth-order valence-electron chi connectivity index (χ4n) is 1.09. The molecule has 0 spiro atoms. The lowest BCUT2D eigenvalue weighted by Gasteiger charge is -2.06. The number of rotatable bonds is 3. The first-order valence-corrected chi connectivity index (χ1v) is 5.50. The molecule has 0 saturated carbocycles. The van der Waals surface area contributed by atoms with Gasteiger partial charge in [-0.15, -0.1) is 11.6 Å². The van der Waals surface area contributed by atoms with Crippen molar-refractivity contribution in [2.75, 3.05) is 7.11 Å². The molecule has 0 aliphatic carbocycles. The minimum absolute atomic E-state index is 0.0799. The van der Waals surface area contributed by atoms with E-state index in [-0.39, 0.29) is 12.3 Å². The number of hydrogen-bond acceptors (Lipinski definition) is 2. The lowest BCUT2D eigenvalue weighted by molar-refractivity contribution is -0.139. The van der Waals surface area contributed by atoms with Gasteiger partial charge in [-0.2, -0.15) is 0 Å². The van der Waals surface area contributed by atoms with E-state index in [9.17, 15) is 9.18 Å². The molecule has 0 aromatic heterocycles. The van der Waals surface area contributed by atoms with Crippen molar-refractivity contribution in [3.8, 4) is 0 Å². The number of carbonyl (C=O) groups is 1. The van der Waals surface area contributed by atoms with Gasteiger partial charge in [-0.25, -0.2) is 4.39 Å². The van der Waals surface area contributed by atoms with Crippen LogP contribution in [0.5, 0.6) is 0 Å². The number of carbonyl (C=O) groups excluding carboxylic acids is 1. The van der Waals surface area contributed by atoms with Gasteiger partial charge in [0, 0.05) is 15.9 Å². The predicted octanol–water partition coefficient (Wildman–Crippen LogP) is 3.04. The van der Waals surface area contributed by atoms with Crippen LogP contribution in [0.1, 0.15) is 11.1 Å². The summed E-state index contributed by atoms with van der Waals surface area (Å²) in [5, 5.41) is 0. The molecule has 82 valence electrons. The minimum atomic E-state index is -0.473. The zero-order valence-corrected chi connectivity index (χ0v) is 10.4. The lowest BCUT2D eigenvalue weighted by Crippen LogP contribution is -2.06. The Hall–Kier alpha value is -0.610. The van der Waals surface area contributed by atoms with E-state index in [0.717, 1.165) is 0 Å². The van der Waals surface area contributed by atoms with E-state index in [1.54, 1.807) is 6.07 Å². The van der Waals surface area contributed by atoms with E-state index in [1.807, 2.05) is 0 Å². The van der Waals surface area contributed by atoms with Crippen LogP contribution < -0.4 is 0 Å². The molecular weight excluding hydrogens is 286 g/mol. The molecule has 15 heavy (non-hydrogen) atoms. The number of ether oxygens (including phenoxy) is 1. The summed E-state index contributed by atoms with van der Waals surface area (Å²) in [4.78, 5) is 11.0. The highest BCUT2D eigenvalue weighted by Crippen LogP contribution is 2.23. The maximum Gasteiger partial charge on any atom is 0.310 e. The number of benzene rings is 1. The second-order valence-corrected chi connectivity index (χ2v) is 4.04. The van der Waals surface area contributed by atoms with Gasteiger partial charge in [-0.05, 0) is 17.7 Å². The lowest BCUT2D eigenvalue weighted by atomic mass is 10.1. The van der Waals surface area contributed by atoms with Crippen LogP contribution in [-0.4, -0.2) is 13.1 Å². The van der Waals surface area contributed by atoms with Crippen molar-refractivity contribution in [1.29, 1.82) is 0 Å². The number of methoxy groups -OCH3 is 1. The second-order valence-electron chi connectivity index (χ2n) is 2.92. The Kier molecular flexibility index (Phi) is 4.54. The fraction of sp³-hybridized carbons (Fsp3) is 0.300. The maximum absolute atomic E-state index is 13.4. The number of hydrogen-bond donors (Lipinski definition) is 0. The van der Waals surface area contributed by atoms with E-state index >= 15 is 0 Å². The van der Waals surface area contributed by atoms with Crippen molar-refractivity contribution >= 4 is 33.5 Å². The highest BCUT2D eigenvalue weighted by molar-refractivity contribution is 9.10. The van der Waals surface area contributed by atoms with Crippen LogP contribution in [0.25, 0.3) is 0 Å². The van der Waals surface area contributed by atoms with Gasteiger partial charge in [-0.1, -0.05) is 15.9 Å². The topological polar surface area (TPSA) is 26.3 Å². The normalized spacial score (nSPS) is 10.1. The molecule has 0 heterocycles. The van der Waals surface area contributed by atoms with Gasteiger partial charge in [0.15, 0.2) is 0 Å². The number of esters is 1. The van der Waals surface area contributed by atoms with Crippen LogP contribution in [0.3, 0.4) is 0 Å². The van der Waals surface area contributed by atoms with Crippen LogP contribution >= 0.6 is 27.5 Å². The van der Waals surface area contributed by atoms with Crippen molar-refractivity contribution < 1.29 is 13.9 Å². The quantitative estimate of drug-likeness (QED) is 0.633. The van der Waals surface area contributed by atoms with Crippen LogP contribution in [0.15, 0.2) is 16.6 Å². The Morgan fingerprint density at radius 2 is 2.20 bits per heavy atom. The second kappa shape index (κ2) is 5.47. The van der Waals surface area contributed by atoms with Crippen molar-refractivity contribution in [2.45, 2.75) is 12.3 Å². The summed E-state index contributed by atoms with van der Waals surface area (Å²) in [6.07, 6.45) is -0.0799. The first-order valence-electron chi connectivity index (χ1n) is 4.18. The summed E-state index contributed by atoms with van der Waals surface area (Å²) in [6, 6.07) is 2.86. The Morgan fingerprint density at radius 3 is 2.73 bits per heavy atom. The average Bonchev–Trinajstić information content (AvgIpc) is 2.22. The van der Waals surface area contributed by atoms with E-state index in [0.29, 0.717) is 15.6 Å². The zero-order valence-electron chi connectivity index (χ0n) is 8.02.